The average Bonchev–Trinajstić information content (AvgIpc) is 2.87. The maximum Gasteiger partial charge on any atom is 0.141 e. The van der Waals surface area contributed by atoms with Crippen molar-refractivity contribution in [3.05, 3.63) is 12.2 Å². The van der Waals surface area contributed by atoms with E-state index in [9.17, 15) is 0 Å². The lowest BCUT2D eigenvalue weighted by Crippen LogP contribution is -2.38. The van der Waals surface area contributed by atoms with Crippen LogP contribution >= 0.6 is 0 Å². The molecule has 1 fully saturated rings. The lowest BCUT2D eigenvalue weighted by molar-refractivity contribution is -0.131. The maximum absolute atomic E-state index is 5.45. The number of ether oxygens (including phenoxy) is 2. The fourth-order valence-electron chi connectivity index (χ4n) is 2.96. The van der Waals surface area contributed by atoms with Crippen LogP contribution < -0.4 is 0 Å². The summed E-state index contributed by atoms with van der Waals surface area (Å²) in [4.78, 5) is 0. The molecule has 3 heteroatoms. The largest absolute Gasteiger partial charge is 0.358 e. The van der Waals surface area contributed by atoms with E-state index in [1.165, 1.54) is 18.9 Å². The summed E-state index contributed by atoms with van der Waals surface area (Å²) >= 11 is 0. The van der Waals surface area contributed by atoms with E-state index in [-0.39, 0.29) is 14.9 Å². The molecule has 15 heavy (non-hydrogen) atoms. The molecule has 0 amide bonds. The third-order valence-electron chi connectivity index (χ3n) is 4.25. The minimum Gasteiger partial charge on any atom is -0.358 e. The van der Waals surface area contributed by atoms with E-state index in [4.69, 9.17) is 9.47 Å². The van der Waals surface area contributed by atoms with Crippen molar-refractivity contribution in [3.63, 3.8) is 0 Å². The molecular formula is C12H22O2Si. The van der Waals surface area contributed by atoms with Gasteiger partial charge < -0.3 is 9.47 Å². The second kappa shape index (κ2) is 4.40. The zero-order valence-corrected chi connectivity index (χ0v) is 11.4. The molecule has 2 rings (SSSR count). The fraction of sp³-hybridized carbons (Fsp3) is 0.833. The molecule has 0 N–H and O–H groups in total. The number of fused-ring (bicyclic) bond motifs is 2. The van der Waals surface area contributed by atoms with E-state index in [0.717, 1.165) is 17.8 Å². The second-order valence-corrected chi connectivity index (χ2v) is 7.48. The summed E-state index contributed by atoms with van der Waals surface area (Å²) in [7, 11) is 3.22. The highest BCUT2D eigenvalue weighted by Gasteiger charge is 2.36. The first-order chi connectivity index (χ1) is 7.17. The van der Waals surface area contributed by atoms with Crippen molar-refractivity contribution in [1.82, 2.24) is 0 Å². The molecule has 2 aliphatic rings. The van der Waals surface area contributed by atoms with Gasteiger partial charge in [0, 0.05) is 14.2 Å². The molecule has 2 aliphatic carbocycles. The highest BCUT2D eigenvalue weighted by molar-refractivity contribution is 6.38. The lowest BCUT2D eigenvalue weighted by Gasteiger charge is -2.28. The Balaban J connectivity index is 1.81. The summed E-state index contributed by atoms with van der Waals surface area (Å²) in [6.07, 6.45) is 7.67. The van der Waals surface area contributed by atoms with Crippen molar-refractivity contribution < 1.29 is 9.47 Å². The second-order valence-electron chi connectivity index (χ2n) is 5.12. The Morgan fingerprint density at radius 1 is 1.27 bits per heavy atom. The summed E-state index contributed by atoms with van der Waals surface area (Å²) in [6, 6.07) is 1.36. The normalized spacial score (nSPS) is 34.7. The summed E-state index contributed by atoms with van der Waals surface area (Å²) in [5.41, 5.74) is -0.244. The predicted molar refractivity (Wildman–Crippen MR) is 64.6 cm³/mol. The molecule has 0 aromatic rings. The first-order valence-electron chi connectivity index (χ1n) is 5.95. The number of rotatable bonds is 5. The van der Waals surface area contributed by atoms with Gasteiger partial charge in [0.15, 0.2) is 0 Å². The molecule has 0 aliphatic heterocycles. The van der Waals surface area contributed by atoms with Crippen molar-refractivity contribution in [2.75, 3.05) is 14.2 Å². The van der Waals surface area contributed by atoms with Gasteiger partial charge >= 0.3 is 0 Å². The molecule has 0 aromatic carbocycles. The van der Waals surface area contributed by atoms with Crippen molar-refractivity contribution in [3.8, 4) is 0 Å². The summed E-state index contributed by atoms with van der Waals surface area (Å²) in [5, 5.41) is 0. The molecule has 0 radical (unpaired) electrons. The first-order valence-corrected chi connectivity index (χ1v) is 7.66. The SMILES string of the molecule is COC(C)(OC)[SiH2]CC1CC2C=CC1C2. The Bertz CT molecular complexity index is 248. The Hall–Kier alpha value is -0.123. The van der Waals surface area contributed by atoms with Crippen LogP contribution in [0.3, 0.4) is 0 Å². The number of allylic oxidation sites excluding steroid dienone is 2. The number of methoxy groups -OCH3 is 2. The molecule has 0 saturated heterocycles. The monoisotopic (exact) mass is 226 g/mol. The summed E-state index contributed by atoms with van der Waals surface area (Å²) < 4.78 is 10.9. The topological polar surface area (TPSA) is 18.5 Å². The summed E-state index contributed by atoms with van der Waals surface area (Å²) in [6.45, 7) is 2.09. The van der Waals surface area contributed by atoms with Crippen LogP contribution in [0.5, 0.6) is 0 Å². The van der Waals surface area contributed by atoms with E-state index in [1.807, 2.05) is 0 Å². The Kier molecular flexibility index (Phi) is 3.33. The molecular weight excluding hydrogens is 204 g/mol. The minimum absolute atomic E-state index is 0.244. The van der Waals surface area contributed by atoms with Gasteiger partial charge in [-0.2, -0.15) is 0 Å². The highest BCUT2D eigenvalue weighted by Crippen LogP contribution is 2.45. The number of hydrogen-bond donors (Lipinski definition) is 0. The molecule has 0 aromatic heterocycles. The third kappa shape index (κ3) is 2.35. The zero-order valence-electron chi connectivity index (χ0n) is 10.0. The molecule has 3 unspecified atom stereocenters. The van der Waals surface area contributed by atoms with Gasteiger partial charge in [0.25, 0.3) is 0 Å². The van der Waals surface area contributed by atoms with E-state index in [2.05, 4.69) is 19.1 Å². The van der Waals surface area contributed by atoms with Gasteiger partial charge in [0.2, 0.25) is 0 Å². The van der Waals surface area contributed by atoms with Crippen LogP contribution in [0.25, 0.3) is 0 Å². The van der Waals surface area contributed by atoms with Crippen molar-refractivity contribution in [2.45, 2.75) is 31.2 Å². The molecule has 3 atom stereocenters. The van der Waals surface area contributed by atoms with Crippen LogP contribution in [0.4, 0.5) is 0 Å². The van der Waals surface area contributed by atoms with Gasteiger partial charge in [-0.05, 0) is 37.5 Å². The highest BCUT2D eigenvalue weighted by atomic mass is 28.2. The van der Waals surface area contributed by atoms with E-state index in [1.54, 1.807) is 14.2 Å². The van der Waals surface area contributed by atoms with Crippen LogP contribution in [-0.4, -0.2) is 29.1 Å². The fourth-order valence-corrected chi connectivity index (χ4v) is 4.93. The van der Waals surface area contributed by atoms with Gasteiger partial charge in [-0.1, -0.05) is 18.2 Å². The average molecular weight is 226 g/mol. The molecule has 0 spiro atoms. The Morgan fingerprint density at radius 3 is 2.47 bits per heavy atom. The zero-order chi connectivity index (χ0) is 10.9. The predicted octanol–water partition coefficient (Wildman–Crippen LogP) is 1.75. The number of hydrogen-bond acceptors (Lipinski definition) is 2. The first kappa shape index (κ1) is 11.4. The van der Waals surface area contributed by atoms with Crippen molar-refractivity contribution in [1.29, 1.82) is 0 Å². The van der Waals surface area contributed by atoms with Gasteiger partial charge in [0.1, 0.15) is 5.41 Å². The van der Waals surface area contributed by atoms with Crippen LogP contribution in [-0.2, 0) is 9.47 Å². The van der Waals surface area contributed by atoms with E-state index < -0.39 is 0 Å². The van der Waals surface area contributed by atoms with Crippen LogP contribution in [0.2, 0.25) is 6.04 Å². The molecule has 1 saturated carbocycles. The van der Waals surface area contributed by atoms with E-state index >= 15 is 0 Å². The Morgan fingerprint density at radius 2 is 2.00 bits per heavy atom. The van der Waals surface area contributed by atoms with Crippen molar-refractivity contribution in [2.24, 2.45) is 17.8 Å². The molecule has 0 heterocycles. The van der Waals surface area contributed by atoms with Gasteiger partial charge in [-0.15, -0.1) is 0 Å². The van der Waals surface area contributed by atoms with Crippen molar-refractivity contribution >= 4 is 9.52 Å². The van der Waals surface area contributed by atoms with Gasteiger partial charge in [0.05, 0.1) is 9.52 Å². The van der Waals surface area contributed by atoms with E-state index in [0.29, 0.717) is 0 Å². The molecule has 2 nitrogen and oxygen atoms in total. The van der Waals surface area contributed by atoms with Gasteiger partial charge in [-0.25, -0.2) is 0 Å². The third-order valence-corrected chi connectivity index (χ3v) is 6.77. The quantitative estimate of drug-likeness (QED) is 0.404. The molecule has 2 bridgehead atoms. The minimum atomic E-state index is -0.300. The summed E-state index contributed by atoms with van der Waals surface area (Å²) in [5.74, 6) is 2.70. The smallest absolute Gasteiger partial charge is 0.141 e. The van der Waals surface area contributed by atoms with Crippen LogP contribution in [0.1, 0.15) is 19.8 Å². The maximum atomic E-state index is 5.45. The van der Waals surface area contributed by atoms with Crippen LogP contribution in [0, 0.1) is 17.8 Å². The lowest BCUT2D eigenvalue weighted by atomic mass is 9.96. The Labute approximate surface area is 94.9 Å². The van der Waals surface area contributed by atoms with Crippen LogP contribution in [0.15, 0.2) is 12.2 Å². The standard InChI is InChI=1S/C12H22O2Si/c1-12(13-2,14-3)15-8-11-7-9-4-5-10(11)6-9/h4-5,9-11H,6-8,15H2,1-3H3. The molecule has 86 valence electrons. The van der Waals surface area contributed by atoms with Gasteiger partial charge in [-0.3, -0.25) is 0 Å².